The van der Waals surface area contributed by atoms with Crippen LogP contribution in [-0.2, 0) is 0 Å². The first-order valence-corrected chi connectivity index (χ1v) is 9.96. The van der Waals surface area contributed by atoms with Crippen LogP contribution in [0.25, 0.3) is 17.1 Å². The fourth-order valence-electron chi connectivity index (χ4n) is 3.63. The van der Waals surface area contributed by atoms with Crippen LogP contribution in [0.4, 0.5) is 17.2 Å². The number of aromatic nitrogens is 4. The first-order chi connectivity index (χ1) is 15.1. The molecule has 0 saturated carbocycles. The predicted molar refractivity (Wildman–Crippen MR) is 116 cm³/mol. The van der Waals surface area contributed by atoms with E-state index in [9.17, 15) is 4.79 Å². The number of piperazine rings is 1. The molecule has 1 amide bonds. The summed E-state index contributed by atoms with van der Waals surface area (Å²) in [4.78, 5) is 24.9. The van der Waals surface area contributed by atoms with E-state index in [0.29, 0.717) is 22.9 Å². The van der Waals surface area contributed by atoms with Crippen molar-refractivity contribution in [1.82, 2.24) is 24.5 Å². The molecule has 0 spiro atoms. The second-order valence-corrected chi connectivity index (χ2v) is 7.51. The van der Waals surface area contributed by atoms with Gasteiger partial charge >= 0.3 is 0 Å². The molecule has 0 radical (unpaired) electrons. The lowest BCUT2D eigenvalue weighted by atomic mass is 10.2. The van der Waals surface area contributed by atoms with Crippen molar-refractivity contribution in [3.8, 4) is 11.5 Å². The number of likely N-dealkylation sites (N-methyl/N-ethyl adjacent to an activating group) is 1. The summed E-state index contributed by atoms with van der Waals surface area (Å²) >= 11 is 0. The summed E-state index contributed by atoms with van der Waals surface area (Å²) in [6.07, 6.45) is 4.38. The number of nitrogens with one attached hydrogen (secondary N) is 1. The number of furan rings is 1. The normalized spacial score (nSPS) is 14.8. The summed E-state index contributed by atoms with van der Waals surface area (Å²) < 4.78 is 7.08. The number of carbonyl (C=O) groups is 1. The van der Waals surface area contributed by atoms with Gasteiger partial charge in [-0.1, -0.05) is 0 Å². The maximum atomic E-state index is 11.4. The zero-order chi connectivity index (χ0) is 21.4. The second-order valence-electron chi connectivity index (χ2n) is 7.51. The Morgan fingerprint density at radius 1 is 1.13 bits per heavy atom. The van der Waals surface area contributed by atoms with Gasteiger partial charge in [0.05, 0.1) is 11.8 Å². The molecule has 1 saturated heterocycles. The lowest BCUT2D eigenvalue weighted by Crippen LogP contribution is -2.44. The Labute approximate surface area is 178 Å². The Balaban J connectivity index is 1.39. The third kappa shape index (κ3) is 3.68. The van der Waals surface area contributed by atoms with Crippen LogP contribution in [-0.4, -0.2) is 63.6 Å². The highest BCUT2D eigenvalue weighted by atomic mass is 16.3. The van der Waals surface area contributed by atoms with Crippen molar-refractivity contribution in [3.05, 3.63) is 54.7 Å². The van der Waals surface area contributed by atoms with Crippen molar-refractivity contribution in [2.75, 3.05) is 43.4 Å². The van der Waals surface area contributed by atoms with Gasteiger partial charge in [0, 0.05) is 37.6 Å². The number of rotatable bonds is 5. The molecule has 0 bridgehead atoms. The molecule has 0 atom stereocenters. The lowest BCUT2D eigenvalue weighted by molar-refractivity contribution is 0.0999. The molecule has 1 fully saturated rings. The van der Waals surface area contributed by atoms with Crippen molar-refractivity contribution in [3.63, 3.8) is 0 Å². The number of primary amides is 1. The molecule has 3 N–H and O–H groups in total. The van der Waals surface area contributed by atoms with Crippen LogP contribution in [0.5, 0.6) is 0 Å². The van der Waals surface area contributed by atoms with Gasteiger partial charge in [-0.05, 0) is 37.4 Å². The molecule has 158 valence electrons. The Morgan fingerprint density at radius 3 is 2.61 bits per heavy atom. The molecule has 4 aromatic rings. The zero-order valence-corrected chi connectivity index (χ0v) is 17.0. The van der Waals surface area contributed by atoms with Crippen LogP contribution < -0.4 is 16.0 Å². The number of carbonyl (C=O) groups excluding carboxylic acids is 1. The molecule has 31 heavy (non-hydrogen) atoms. The highest BCUT2D eigenvalue weighted by Crippen LogP contribution is 2.27. The van der Waals surface area contributed by atoms with Crippen LogP contribution in [0.1, 0.15) is 10.4 Å². The van der Waals surface area contributed by atoms with Gasteiger partial charge < -0.3 is 25.3 Å². The predicted octanol–water partition coefficient (Wildman–Crippen LogP) is 1.98. The Kier molecular flexibility index (Phi) is 4.75. The highest BCUT2D eigenvalue weighted by molar-refractivity contribution is 5.93. The molecule has 5 rings (SSSR count). The maximum absolute atomic E-state index is 11.4. The van der Waals surface area contributed by atoms with Gasteiger partial charge in [-0.2, -0.15) is 5.10 Å². The second kappa shape index (κ2) is 7.73. The fourth-order valence-corrected chi connectivity index (χ4v) is 3.63. The summed E-state index contributed by atoms with van der Waals surface area (Å²) in [5, 5.41) is 7.58. The molecule has 0 aliphatic carbocycles. The third-order valence-electron chi connectivity index (χ3n) is 5.44. The summed E-state index contributed by atoms with van der Waals surface area (Å²) in [5.41, 5.74) is 8.80. The van der Waals surface area contributed by atoms with E-state index in [4.69, 9.17) is 10.2 Å². The summed E-state index contributed by atoms with van der Waals surface area (Å²) in [6.45, 7) is 4.18. The number of hydrogen-bond acceptors (Lipinski definition) is 8. The van der Waals surface area contributed by atoms with Crippen molar-refractivity contribution in [1.29, 1.82) is 0 Å². The van der Waals surface area contributed by atoms with E-state index in [1.807, 2.05) is 12.1 Å². The van der Waals surface area contributed by atoms with Crippen molar-refractivity contribution >= 4 is 28.7 Å². The molecule has 3 aromatic heterocycles. The monoisotopic (exact) mass is 418 g/mol. The smallest absolute Gasteiger partial charge is 0.251 e. The maximum Gasteiger partial charge on any atom is 0.251 e. The largest absolute Gasteiger partial charge is 0.462 e. The third-order valence-corrected chi connectivity index (χ3v) is 5.44. The Morgan fingerprint density at radius 2 is 1.90 bits per heavy atom. The first kappa shape index (κ1) is 19.1. The SMILES string of the molecule is CN1CCN(c2ccc(Nc3ncc(-c4cc(C(N)=O)co4)n4ncnc34)cc2)CC1. The highest BCUT2D eigenvalue weighted by Gasteiger charge is 2.17. The van der Waals surface area contributed by atoms with E-state index >= 15 is 0 Å². The van der Waals surface area contributed by atoms with Crippen LogP contribution in [0.2, 0.25) is 0 Å². The Bertz CT molecular complexity index is 1220. The van der Waals surface area contributed by atoms with Crippen LogP contribution in [0.15, 0.2) is 53.5 Å². The van der Waals surface area contributed by atoms with Gasteiger partial charge in [-0.3, -0.25) is 4.79 Å². The minimum absolute atomic E-state index is 0.283. The summed E-state index contributed by atoms with van der Waals surface area (Å²) in [7, 11) is 2.15. The van der Waals surface area contributed by atoms with Gasteiger partial charge in [0.1, 0.15) is 18.3 Å². The number of hydrogen-bond donors (Lipinski definition) is 2. The average Bonchev–Trinajstić information content (AvgIpc) is 3.46. The average molecular weight is 418 g/mol. The quantitative estimate of drug-likeness (QED) is 0.505. The number of nitrogens with zero attached hydrogens (tertiary/aromatic N) is 6. The van der Waals surface area contributed by atoms with Gasteiger partial charge in [0.15, 0.2) is 17.2 Å². The zero-order valence-electron chi connectivity index (χ0n) is 17.0. The van der Waals surface area contributed by atoms with Crippen molar-refractivity contribution in [2.24, 2.45) is 5.73 Å². The molecular weight excluding hydrogens is 396 g/mol. The number of nitrogens with two attached hydrogens (primary N) is 1. The number of anilines is 3. The molecular formula is C21H22N8O2. The van der Waals surface area contributed by atoms with Gasteiger partial charge in [-0.15, -0.1) is 0 Å². The molecule has 4 heterocycles. The van der Waals surface area contributed by atoms with E-state index in [2.05, 4.69) is 49.4 Å². The van der Waals surface area contributed by atoms with Crippen LogP contribution in [0.3, 0.4) is 0 Å². The Hall–Kier alpha value is -3.92. The minimum atomic E-state index is -0.559. The van der Waals surface area contributed by atoms with E-state index < -0.39 is 5.91 Å². The van der Waals surface area contributed by atoms with Gasteiger partial charge in [0.25, 0.3) is 5.91 Å². The topological polar surface area (TPSA) is 118 Å². The number of amides is 1. The van der Waals surface area contributed by atoms with E-state index in [1.165, 1.54) is 18.3 Å². The van der Waals surface area contributed by atoms with E-state index in [0.717, 1.165) is 31.9 Å². The van der Waals surface area contributed by atoms with Crippen LogP contribution in [0, 0.1) is 0 Å². The molecule has 1 aliphatic rings. The molecule has 1 aromatic carbocycles. The first-order valence-electron chi connectivity index (χ1n) is 9.96. The van der Waals surface area contributed by atoms with Crippen molar-refractivity contribution < 1.29 is 9.21 Å². The lowest BCUT2D eigenvalue weighted by Gasteiger charge is -2.34. The fraction of sp³-hybridized carbons (Fsp3) is 0.238. The summed E-state index contributed by atoms with van der Waals surface area (Å²) in [5.74, 6) is 0.436. The standard InChI is InChI=1S/C21H22N8O2/c1-27-6-8-28(9-7-27)16-4-2-15(3-5-16)26-20-21-24-13-25-29(21)17(11-23-20)18-10-14(12-31-18)19(22)30/h2-5,10-13H,6-9H2,1H3,(H2,22,30)(H,23,26). The number of benzene rings is 1. The molecule has 0 unspecified atom stereocenters. The minimum Gasteiger partial charge on any atom is -0.462 e. The van der Waals surface area contributed by atoms with Gasteiger partial charge in [0.2, 0.25) is 0 Å². The van der Waals surface area contributed by atoms with E-state index in [1.54, 1.807) is 16.8 Å². The van der Waals surface area contributed by atoms with Gasteiger partial charge in [-0.25, -0.2) is 14.5 Å². The number of fused-ring (bicyclic) bond motifs is 1. The van der Waals surface area contributed by atoms with E-state index in [-0.39, 0.29) is 5.56 Å². The molecule has 1 aliphatic heterocycles. The van der Waals surface area contributed by atoms with Crippen LogP contribution >= 0.6 is 0 Å². The molecule has 10 nitrogen and oxygen atoms in total. The summed E-state index contributed by atoms with van der Waals surface area (Å²) in [6, 6.07) is 9.84. The molecule has 10 heteroatoms. The van der Waals surface area contributed by atoms with Crippen molar-refractivity contribution in [2.45, 2.75) is 0 Å².